The third-order valence-electron chi connectivity index (χ3n) is 4.82. The number of carbonyl (C=O) groups is 1. The number of carboxylic acid groups (broad SMARTS) is 1. The summed E-state index contributed by atoms with van der Waals surface area (Å²) in [4.78, 5) is 15.6. The number of halogens is 1. The smallest absolute Gasteiger partial charge is 0.317 e. The second-order valence-electron chi connectivity index (χ2n) is 6.54. The number of aliphatic carboxylic acids is 1. The molecule has 0 radical (unpaired) electrons. The summed E-state index contributed by atoms with van der Waals surface area (Å²) in [6, 6.07) is 19.2. The van der Waals surface area contributed by atoms with Crippen LogP contribution in [0, 0.1) is 0 Å². The molecule has 2 atom stereocenters. The van der Waals surface area contributed by atoms with Crippen molar-refractivity contribution in [3.05, 3.63) is 70.2 Å². The van der Waals surface area contributed by atoms with Gasteiger partial charge in [0, 0.05) is 30.1 Å². The molecule has 3 rings (SSSR count). The number of benzene rings is 2. The van der Waals surface area contributed by atoms with Crippen LogP contribution in [-0.2, 0) is 4.79 Å². The van der Waals surface area contributed by atoms with E-state index >= 15 is 0 Å². The molecule has 1 aliphatic heterocycles. The van der Waals surface area contributed by atoms with Crippen LogP contribution in [-0.4, -0.2) is 53.1 Å². The van der Waals surface area contributed by atoms with Crippen molar-refractivity contribution in [2.45, 2.75) is 19.0 Å². The Labute approximate surface area is 157 Å². The number of hydrogen-bond donors (Lipinski definition) is 1. The van der Waals surface area contributed by atoms with Gasteiger partial charge in [0.2, 0.25) is 0 Å². The standard InChI is InChI=1S/C20H23BrN2O2/c1-15-13-23(12-11-22(15)14-19(24)25)20(16-7-3-2-4-8-16)17-9-5-6-10-18(17)21/h2-10,15,20H,11-14H2,1H3,(H,24,25)/t15-,20+/m1/s1. The zero-order chi connectivity index (χ0) is 17.8. The van der Waals surface area contributed by atoms with E-state index in [1.807, 2.05) is 17.0 Å². The molecule has 132 valence electrons. The van der Waals surface area contributed by atoms with Crippen LogP contribution in [0.3, 0.4) is 0 Å². The minimum absolute atomic E-state index is 0.111. The molecule has 0 aromatic heterocycles. The highest BCUT2D eigenvalue weighted by Gasteiger charge is 2.31. The minimum Gasteiger partial charge on any atom is -0.480 e. The summed E-state index contributed by atoms with van der Waals surface area (Å²) >= 11 is 3.71. The Morgan fingerprint density at radius 3 is 2.48 bits per heavy atom. The van der Waals surface area contributed by atoms with Gasteiger partial charge < -0.3 is 5.11 Å². The molecule has 0 amide bonds. The Kier molecular flexibility index (Phi) is 5.89. The molecule has 1 saturated heterocycles. The van der Waals surface area contributed by atoms with Crippen LogP contribution in [0.25, 0.3) is 0 Å². The van der Waals surface area contributed by atoms with Crippen molar-refractivity contribution in [3.8, 4) is 0 Å². The molecule has 1 aliphatic rings. The summed E-state index contributed by atoms with van der Waals surface area (Å²) < 4.78 is 1.10. The molecule has 25 heavy (non-hydrogen) atoms. The van der Waals surface area contributed by atoms with Gasteiger partial charge in [0.05, 0.1) is 12.6 Å². The molecule has 0 saturated carbocycles. The molecule has 2 aromatic rings. The van der Waals surface area contributed by atoms with Crippen molar-refractivity contribution >= 4 is 21.9 Å². The lowest BCUT2D eigenvalue weighted by molar-refractivity contribution is -0.139. The summed E-state index contributed by atoms with van der Waals surface area (Å²) in [6.07, 6.45) is 0. The summed E-state index contributed by atoms with van der Waals surface area (Å²) in [5.74, 6) is -0.759. The van der Waals surface area contributed by atoms with Crippen LogP contribution in [0.4, 0.5) is 0 Å². The van der Waals surface area contributed by atoms with E-state index in [-0.39, 0.29) is 18.6 Å². The average molecular weight is 403 g/mol. The van der Waals surface area contributed by atoms with E-state index in [1.165, 1.54) is 11.1 Å². The lowest BCUT2D eigenvalue weighted by Gasteiger charge is -2.43. The number of piperazine rings is 1. The maximum absolute atomic E-state index is 11.1. The van der Waals surface area contributed by atoms with Crippen LogP contribution < -0.4 is 0 Å². The Morgan fingerprint density at radius 1 is 1.16 bits per heavy atom. The monoisotopic (exact) mass is 402 g/mol. The van der Waals surface area contributed by atoms with Crippen molar-refractivity contribution in [1.82, 2.24) is 9.80 Å². The second-order valence-corrected chi connectivity index (χ2v) is 7.40. The maximum atomic E-state index is 11.1. The quantitative estimate of drug-likeness (QED) is 0.828. The first kappa shape index (κ1) is 18.1. The van der Waals surface area contributed by atoms with Gasteiger partial charge in [-0.05, 0) is 24.1 Å². The van der Waals surface area contributed by atoms with Crippen LogP contribution in [0.1, 0.15) is 24.1 Å². The lowest BCUT2D eigenvalue weighted by Crippen LogP contribution is -2.54. The van der Waals surface area contributed by atoms with E-state index in [1.54, 1.807) is 0 Å². The van der Waals surface area contributed by atoms with Gasteiger partial charge in [0.15, 0.2) is 0 Å². The number of carboxylic acids is 1. The predicted molar refractivity (Wildman–Crippen MR) is 103 cm³/mol. The van der Waals surface area contributed by atoms with E-state index in [4.69, 9.17) is 5.11 Å². The van der Waals surface area contributed by atoms with Crippen molar-refractivity contribution in [2.75, 3.05) is 26.2 Å². The van der Waals surface area contributed by atoms with Gasteiger partial charge in [-0.25, -0.2) is 0 Å². The Balaban J connectivity index is 1.89. The van der Waals surface area contributed by atoms with Crippen molar-refractivity contribution < 1.29 is 9.90 Å². The van der Waals surface area contributed by atoms with Crippen LogP contribution >= 0.6 is 15.9 Å². The third kappa shape index (κ3) is 4.29. The fourth-order valence-corrected chi connectivity index (χ4v) is 4.09. The third-order valence-corrected chi connectivity index (χ3v) is 5.54. The van der Waals surface area contributed by atoms with Gasteiger partial charge in [0.25, 0.3) is 0 Å². The molecule has 1 N–H and O–H groups in total. The summed E-state index contributed by atoms with van der Waals surface area (Å²) in [5, 5.41) is 9.09. The number of hydrogen-bond acceptors (Lipinski definition) is 3. The highest BCUT2D eigenvalue weighted by Crippen LogP contribution is 2.34. The second kappa shape index (κ2) is 8.13. The van der Waals surface area contributed by atoms with Crippen molar-refractivity contribution in [1.29, 1.82) is 0 Å². The van der Waals surface area contributed by atoms with E-state index in [9.17, 15) is 4.79 Å². The molecule has 2 aromatic carbocycles. The van der Waals surface area contributed by atoms with Crippen LogP contribution in [0.15, 0.2) is 59.1 Å². The molecule has 4 nitrogen and oxygen atoms in total. The number of rotatable bonds is 5. The largest absolute Gasteiger partial charge is 0.480 e. The Morgan fingerprint density at radius 2 is 1.84 bits per heavy atom. The molecule has 0 spiro atoms. The van der Waals surface area contributed by atoms with Crippen LogP contribution in [0.2, 0.25) is 0 Å². The minimum atomic E-state index is -0.759. The van der Waals surface area contributed by atoms with E-state index in [0.717, 1.165) is 24.1 Å². The first-order chi connectivity index (χ1) is 12.1. The van der Waals surface area contributed by atoms with Crippen molar-refractivity contribution in [2.24, 2.45) is 0 Å². The molecule has 0 bridgehead atoms. The van der Waals surface area contributed by atoms with Crippen LogP contribution in [0.5, 0.6) is 0 Å². The molecule has 5 heteroatoms. The molecular formula is C20H23BrN2O2. The van der Waals surface area contributed by atoms with Gasteiger partial charge in [0.1, 0.15) is 0 Å². The molecule has 1 heterocycles. The predicted octanol–water partition coefficient (Wildman–Crippen LogP) is 3.63. The Bertz CT molecular complexity index is 723. The normalized spacial score (nSPS) is 20.3. The maximum Gasteiger partial charge on any atom is 0.317 e. The fraction of sp³-hybridized carbons (Fsp3) is 0.350. The lowest BCUT2D eigenvalue weighted by atomic mass is 9.95. The molecular weight excluding hydrogens is 380 g/mol. The van der Waals surface area contributed by atoms with Gasteiger partial charge in [-0.15, -0.1) is 0 Å². The van der Waals surface area contributed by atoms with Gasteiger partial charge in [-0.2, -0.15) is 0 Å². The van der Waals surface area contributed by atoms with Gasteiger partial charge in [-0.3, -0.25) is 14.6 Å². The van der Waals surface area contributed by atoms with Crippen molar-refractivity contribution in [3.63, 3.8) is 0 Å². The number of nitrogens with zero attached hydrogens (tertiary/aromatic N) is 2. The summed E-state index contributed by atoms with van der Waals surface area (Å²) in [5.41, 5.74) is 2.50. The highest BCUT2D eigenvalue weighted by atomic mass is 79.9. The summed E-state index contributed by atoms with van der Waals surface area (Å²) in [7, 11) is 0. The fourth-order valence-electron chi connectivity index (χ4n) is 3.59. The molecule has 0 aliphatic carbocycles. The Hall–Kier alpha value is -1.69. The SMILES string of the molecule is C[C@@H]1CN([C@@H](c2ccccc2)c2ccccc2Br)CCN1CC(=O)O. The van der Waals surface area contributed by atoms with Gasteiger partial charge >= 0.3 is 5.97 Å². The molecule has 1 fully saturated rings. The molecule has 0 unspecified atom stereocenters. The average Bonchev–Trinajstić information content (AvgIpc) is 2.60. The zero-order valence-corrected chi connectivity index (χ0v) is 15.9. The zero-order valence-electron chi connectivity index (χ0n) is 14.3. The highest BCUT2D eigenvalue weighted by molar-refractivity contribution is 9.10. The first-order valence-electron chi connectivity index (χ1n) is 8.55. The topological polar surface area (TPSA) is 43.8 Å². The van der Waals surface area contributed by atoms with E-state index < -0.39 is 5.97 Å². The summed E-state index contributed by atoms with van der Waals surface area (Å²) in [6.45, 7) is 4.67. The van der Waals surface area contributed by atoms with E-state index in [2.05, 4.69) is 70.2 Å². The van der Waals surface area contributed by atoms with E-state index in [0.29, 0.717) is 0 Å². The van der Waals surface area contributed by atoms with Gasteiger partial charge in [-0.1, -0.05) is 64.5 Å². The first-order valence-corrected chi connectivity index (χ1v) is 9.35.